The van der Waals surface area contributed by atoms with Crippen LogP contribution in [0.1, 0.15) is 12.8 Å². The summed E-state index contributed by atoms with van der Waals surface area (Å²) in [6.07, 6.45) is 2.21. The van der Waals surface area contributed by atoms with E-state index < -0.39 is 11.6 Å². The maximum atomic E-state index is 13.3. The molecule has 0 amide bonds. The van der Waals surface area contributed by atoms with Gasteiger partial charge < -0.3 is 15.4 Å². The third kappa shape index (κ3) is 3.61. The van der Waals surface area contributed by atoms with Crippen LogP contribution in [-0.4, -0.2) is 24.4 Å². The van der Waals surface area contributed by atoms with E-state index in [1.807, 2.05) is 0 Å². The topological polar surface area (TPSA) is 33.3 Å². The van der Waals surface area contributed by atoms with Crippen LogP contribution in [0.3, 0.4) is 0 Å². The number of thiocarbonyl (C=S) groups is 1. The zero-order chi connectivity index (χ0) is 13.0. The van der Waals surface area contributed by atoms with Gasteiger partial charge in [-0.1, -0.05) is 0 Å². The Labute approximate surface area is 110 Å². The second kappa shape index (κ2) is 6.06. The Kier molecular flexibility index (Phi) is 4.43. The highest BCUT2D eigenvalue weighted by molar-refractivity contribution is 7.80. The third-order valence-electron chi connectivity index (χ3n) is 2.69. The number of ether oxygens (including phenoxy) is 1. The molecule has 18 heavy (non-hydrogen) atoms. The van der Waals surface area contributed by atoms with Crippen molar-refractivity contribution in [2.45, 2.75) is 18.9 Å². The van der Waals surface area contributed by atoms with E-state index in [1.54, 1.807) is 0 Å². The van der Waals surface area contributed by atoms with Crippen molar-refractivity contribution in [3.63, 3.8) is 0 Å². The minimum absolute atomic E-state index is 0.154. The van der Waals surface area contributed by atoms with Gasteiger partial charge >= 0.3 is 0 Å². The van der Waals surface area contributed by atoms with Crippen LogP contribution in [0.25, 0.3) is 0 Å². The van der Waals surface area contributed by atoms with E-state index in [0.717, 1.165) is 25.5 Å². The zero-order valence-corrected chi connectivity index (χ0v) is 10.5. The van der Waals surface area contributed by atoms with E-state index in [0.29, 0.717) is 11.7 Å². The number of nitrogens with one attached hydrogen (secondary N) is 2. The number of halogens is 2. The molecular formula is C12H14F2N2OS. The highest BCUT2D eigenvalue weighted by atomic mass is 32.1. The first kappa shape index (κ1) is 13.2. The normalized spacial score (nSPS) is 18.7. The predicted octanol–water partition coefficient (Wildman–Crippen LogP) is 2.43. The molecule has 2 N–H and O–H groups in total. The fraction of sp³-hybridized carbons (Fsp3) is 0.417. The third-order valence-corrected chi connectivity index (χ3v) is 2.94. The van der Waals surface area contributed by atoms with Crippen LogP contribution in [0.15, 0.2) is 18.2 Å². The molecule has 0 unspecified atom stereocenters. The van der Waals surface area contributed by atoms with Gasteiger partial charge in [-0.3, -0.25) is 0 Å². The molecule has 1 fully saturated rings. The standard InChI is InChI=1S/C12H14F2N2OS/c13-8-3-4-11(10(14)6-8)16-12(18)15-7-9-2-1-5-17-9/h3-4,6,9H,1-2,5,7H2,(H2,15,16,18)/t9-/m1/s1. The Morgan fingerprint density at radius 1 is 1.44 bits per heavy atom. The first-order valence-corrected chi connectivity index (χ1v) is 6.17. The lowest BCUT2D eigenvalue weighted by molar-refractivity contribution is 0.114. The van der Waals surface area contributed by atoms with E-state index in [-0.39, 0.29) is 11.8 Å². The number of hydrogen-bond donors (Lipinski definition) is 2. The minimum Gasteiger partial charge on any atom is -0.376 e. The molecule has 0 bridgehead atoms. The lowest BCUT2D eigenvalue weighted by atomic mass is 10.2. The second-order valence-electron chi connectivity index (χ2n) is 4.09. The van der Waals surface area contributed by atoms with Crippen LogP contribution in [0, 0.1) is 11.6 Å². The molecule has 3 nitrogen and oxygen atoms in total. The van der Waals surface area contributed by atoms with Gasteiger partial charge in [0.2, 0.25) is 0 Å². The predicted molar refractivity (Wildman–Crippen MR) is 69.6 cm³/mol. The number of benzene rings is 1. The quantitative estimate of drug-likeness (QED) is 0.828. The van der Waals surface area contributed by atoms with Crippen LogP contribution in [-0.2, 0) is 4.74 Å². The van der Waals surface area contributed by atoms with Crippen molar-refractivity contribution in [3.8, 4) is 0 Å². The Balaban J connectivity index is 1.82. The maximum Gasteiger partial charge on any atom is 0.170 e. The first-order chi connectivity index (χ1) is 8.65. The highest BCUT2D eigenvalue weighted by Gasteiger charge is 2.15. The first-order valence-electron chi connectivity index (χ1n) is 5.76. The van der Waals surface area contributed by atoms with Gasteiger partial charge in [-0.05, 0) is 37.2 Å². The van der Waals surface area contributed by atoms with Crippen molar-refractivity contribution < 1.29 is 13.5 Å². The highest BCUT2D eigenvalue weighted by Crippen LogP contribution is 2.15. The molecule has 0 spiro atoms. The van der Waals surface area contributed by atoms with Crippen molar-refractivity contribution in [3.05, 3.63) is 29.8 Å². The van der Waals surface area contributed by atoms with Crippen LogP contribution in [0.5, 0.6) is 0 Å². The molecule has 1 saturated heterocycles. The van der Waals surface area contributed by atoms with E-state index in [1.165, 1.54) is 12.1 Å². The minimum atomic E-state index is -0.670. The maximum absolute atomic E-state index is 13.3. The van der Waals surface area contributed by atoms with E-state index in [9.17, 15) is 8.78 Å². The van der Waals surface area contributed by atoms with Gasteiger partial charge in [0.1, 0.15) is 11.6 Å². The molecule has 1 aliphatic rings. The molecular weight excluding hydrogens is 258 g/mol. The summed E-state index contributed by atoms with van der Waals surface area (Å²) in [6.45, 7) is 1.37. The molecule has 2 rings (SSSR count). The SMILES string of the molecule is Fc1ccc(NC(=S)NC[C@H]2CCCO2)c(F)c1. The fourth-order valence-corrected chi connectivity index (χ4v) is 1.96. The molecule has 0 aliphatic carbocycles. The van der Waals surface area contributed by atoms with Crippen LogP contribution in [0.2, 0.25) is 0 Å². The summed E-state index contributed by atoms with van der Waals surface area (Å²) in [4.78, 5) is 0. The molecule has 1 aliphatic heterocycles. The molecule has 6 heteroatoms. The van der Waals surface area contributed by atoms with Gasteiger partial charge in [-0.15, -0.1) is 0 Å². The molecule has 98 valence electrons. The average molecular weight is 272 g/mol. The smallest absolute Gasteiger partial charge is 0.170 e. The van der Waals surface area contributed by atoms with Crippen molar-refractivity contribution in [1.82, 2.24) is 5.32 Å². The Morgan fingerprint density at radius 2 is 2.28 bits per heavy atom. The van der Waals surface area contributed by atoms with Gasteiger partial charge in [-0.2, -0.15) is 0 Å². The van der Waals surface area contributed by atoms with Crippen LogP contribution in [0.4, 0.5) is 14.5 Å². The number of hydrogen-bond acceptors (Lipinski definition) is 2. The molecule has 0 radical (unpaired) electrons. The molecule has 0 saturated carbocycles. The van der Waals surface area contributed by atoms with E-state index in [2.05, 4.69) is 10.6 Å². The average Bonchev–Trinajstić information content (AvgIpc) is 2.83. The number of rotatable bonds is 3. The molecule has 0 aromatic heterocycles. The lowest BCUT2D eigenvalue weighted by Gasteiger charge is -2.14. The summed E-state index contributed by atoms with van der Waals surface area (Å²) in [5, 5.41) is 5.94. The summed E-state index contributed by atoms with van der Waals surface area (Å²) >= 11 is 5.02. The van der Waals surface area contributed by atoms with Crippen molar-refractivity contribution >= 4 is 23.0 Å². The van der Waals surface area contributed by atoms with Crippen LogP contribution < -0.4 is 10.6 Å². The Bertz CT molecular complexity index is 436. The molecule has 1 aromatic carbocycles. The Morgan fingerprint density at radius 3 is 2.94 bits per heavy atom. The monoisotopic (exact) mass is 272 g/mol. The van der Waals surface area contributed by atoms with Gasteiger partial charge in [0.15, 0.2) is 5.11 Å². The summed E-state index contributed by atoms with van der Waals surface area (Å²) in [5.74, 6) is -1.28. The number of anilines is 1. The lowest BCUT2D eigenvalue weighted by Crippen LogP contribution is -2.35. The summed E-state index contributed by atoms with van der Waals surface area (Å²) < 4.78 is 31.5. The zero-order valence-electron chi connectivity index (χ0n) is 9.71. The van der Waals surface area contributed by atoms with Crippen molar-refractivity contribution in [2.24, 2.45) is 0 Å². The van der Waals surface area contributed by atoms with Gasteiger partial charge in [0.05, 0.1) is 11.8 Å². The molecule has 1 aromatic rings. The van der Waals surface area contributed by atoms with E-state index in [4.69, 9.17) is 17.0 Å². The second-order valence-corrected chi connectivity index (χ2v) is 4.50. The van der Waals surface area contributed by atoms with Gasteiger partial charge in [0, 0.05) is 19.2 Å². The molecule has 1 atom stereocenters. The van der Waals surface area contributed by atoms with Crippen molar-refractivity contribution in [1.29, 1.82) is 0 Å². The summed E-state index contributed by atoms with van der Waals surface area (Å²) in [5.41, 5.74) is 0.154. The summed E-state index contributed by atoms with van der Waals surface area (Å²) in [7, 11) is 0. The Hall–Kier alpha value is -1.27. The van der Waals surface area contributed by atoms with E-state index >= 15 is 0 Å². The summed E-state index contributed by atoms with van der Waals surface area (Å²) in [6, 6.07) is 3.30. The van der Waals surface area contributed by atoms with Gasteiger partial charge in [0.25, 0.3) is 0 Å². The van der Waals surface area contributed by atoms with Gasteiger partial charge in [-0.25, -0.2) is 8.78 Å². The van der Waals surface area contributed by atoms with Crippen molar-refractivity contribution in [2.75, 3.05) is 18.5 Å². The molecule has 1 heterocycles. The fourth-order valence-electron chi connectivity index (χ4n) is 1.77. The largest absolute Gasteiger partial charge is 0.376 e. The van der Waals surface area contributed by atoms with Crippen LogP contribution >= 0.6 is 12.2 Å².